The maximum Gasteiger partial charge on any atom is -0.00523 e. The molecule has 0 bridgehead atoms. The Balaban J connectivity index is 3.04. The highest BCUT2D eigenvalue weighted by atomic mass is 79.9. The fraction of sp³-hybridized carbons (Fsp3) is 0. The molecule has 0 aromatic rings. The molecule has 0 atom stereocenters. The normalized spacial score (nSPS) is 8.00. The minimum absolute atomic E-state index is 1.57. The van der Waals surface area contributed by atoms with Crippen LogP contribution in [0.15, 0.2) is 11.1 Å². The fourth-order valence-corrected chi connectivity index (χ4v) is 0.189. The van der Waals surface area contributed by atoms with Crippen molar-refractivity contribution in [1.29, 1.82) is 0 Å². The van der Waals surface area contributed by atoms with Gasteiger partial charge in [0.1, 0.15) is 0 Å². The Morgan fingerprint density at radius 1 is 1.80 bits per heavy atom. The van der Waals surface area contributed by atoms with Gasteiger partial charge in [0.15, 0.2) is 0 Å². The van der Waals surface area contributed by atoms with Gasteiger partial charge in [-0.05, 0) is 11.1 Å². The van der Waals surface area contributed by atoms with E-state index < -0.39 is 0 Å². The van der Waals surface area contributed by atoms with Gasteiger partial charge in [0, 0.05) is 0 Å². The van der Waals surface area contributed by atoms with Gasteiger partial charge < -0.3 is 0 Å². The van der Waals surface area contributed by atoms with Crippen molar-refractivity contribution in [1.82, 2.24) is 0 Å². The van der Waals surface area contributed by atoms with E-state index in [1.165, 1.54) is 0 Å². The molecule has 0 amide bonds. The van der Waals surface area contributed by atoms with Crippen molar-refractivity contribution >= 4 is 15.9 Å². The van der Waals surface area contributed by atoms with Crippen LogP contribution in [-0.4, -0.2) is 0 Å². The molecule has 26 valence electrons. The molecular formula is C4H3Br. The molecule has 0 aliphatic carbocycles. The summed E-state index contributed by atoms with van der Waals surface area (Å²) in [5.41, 5.74) is 0. The van der Waals surface area contributed by atoms with Crippen molar-refractivity contribution in [2.75, 3.05) is 0 Å². The Morgan fingerprint density at radius 2 is 2.40 bits per heavy atom. The topological polar surface area (TPSA) is 0 Å². The Hall–Kier alpha value is -0.220. The van der Waals surface area contributed by atoms with Crippen LogP contribution in [0.5, 0.6) is 0 Å². The second-order valence-corrected chi connectivity index (χ2v) is 0.988. The summed E-state index contributed by atoms with van der Waals surface area (Å²) < 4.78 is 0. The van der Waals surface area contributed by atoms with Gasteiger partial charge in [-0.2, -0.15) is 0 Å². The van der Waals surface area contributed by atoms with Gasteiger partial charge >= 0.3 is 0 Å². The highest BCUT2D eigenvalue weighted by Crippen LogP contribution is 1.76. The number of hydrogen-bond donors (Lipinski definition) is 0. The molecule has 0 unspecified atom stereocenters. The quantitative estimate of drug-likeness (QED) is 0.437. The lowest BCUT2D eigenvalue weighted by atomic mass is 10.7. The van der Waals surface area contributed by atoms with Crippen LogP contribution >= 0.6 is 15.9 Å². The fourth-order valence-electron chi connectivity index (χ4n) is 0.0364. The molecule has 0 saturated heterocycles. The van der Waals surface area contributed by atoms with E-state index in [1.807, 2.05) is 0 Å². The third-order valence-electron chi connectivity index (χ3n) is 0.159. The number of rotatable bonds is 0. The third kappa shape index (κ3) is 3.78. The average Bonchev–Trinajstić information content (AvgIpc) is 1.41. The van der Waals surface area contributed by atoms with E-state index in [9.17, 15) is 0 Å². The highest BCUT2D eigenvalue weighted by Gasteiger charge is 1.43. The van der Waals surface area contributed by atoms with E-state index in [0.717, 1.165) is 0 Å². The van der Waals surface area contributed by atoms with Crippen molar-refractivity contribution in [3.63, 3.8) is 0 Å². The van der Waals surface area contributed by atoms with E-state index >= 15 is 0 Å². The van der Waals surface area contributed by atoms with Gasteiger partial charge in [-0.1, -0.05) is 21.9 Å². The number of terminal acetylenes is 1. The number of allylic oxidation sites excluding steroid dienone is 1. The molecule has 0 aromatic carbocycles. The van der Waals surface area contributed by atoms with Crippen LogP contribution in [-0.2, 0) is 0 Å². The molecule has 0 spiro atoms. The molecule has 0 N–H and O–H groups in total. The zero-order chi connectivity index (χ0) is 4.12. The summed E-state index contributed by atoms with van der Waals surface area (Å²) in [6.07, 6.45) is 6.34. The lowest BCUT2D eigenvalue weighted by Crippen LogP contribution is -1.30. The highest BCUT2D eigenvalue weighted by molar-refractivity contribution is 9.11. The Kier molecular flexibility index (Phi) is 3.61. The van der Waals surface area contributed by atoms with Gasteiger partial charge in [0.2, 0.25) is 0 Å². The summed E-state index contributed by atoms with van der Waals surface area (Å²) in [6.45, 7) is 0. The van der Waals surface area contributed by atoms with Crippen LogP contribution < -0.4 is 0 Å². The summed E-state index contributed by atoms with van der Waals surface area (Å²) in [7, 11) is 0. The Bertz CT molecular complexity index is 66.2. The first-order valence-corrected chi connectivity index (χ1v) is 2.04. The van der Waals surface area contributed by atoms with E-state index in [0.29, 0.717) is 0 Å². The molecule has 5 heavy (non-hydrogen) atoms. The first kappa shape index (κ1) is 4.78. The predicted molar refractivity (Wildman–Crippen MR) is 26.9 cm³/mol. The van der Waals surface area contributed by atoms with E-state index in [4.69, 9.17) is 6.42 Å². The Morgan fingerprint density at radius 3 is 2.40 bits per heavy atom. The summed E-state index contributed by atoms with van der Waals surface area (Å²) in [4.78, 5) is 1.63. The molecule has 0 saturated carbocycles. The third-order valence-corrected chi connectivity index (χ3v) is 0.424. The molecule has 0 nitrogen and oxygen atoms in total. The van der Waals surface area contributed by atoms with Gasteiger partial charge in [-0.15, -0.1) is 6.42 Å². The summed E-state index contributed by atoms with van der Waals surface area (Å²) in [5, 5.41) is 0. The van der Waals surface area contributed by atoms with E-state index in [1.54, 1.807) is 11.1 Å². The van der Waals surface area contributed by atoms with Gasteiger partial charge in [0.05, 0.1) is 0 Å². The van der Waals surface area contributed by atoms with Crippen molar-refractivity contribution < 1.29 is 0 Å². The molecule has 0 fully saturated rings. The van der Waals surface area contributed by atoms with Gasteiger partial charge in [-0.3, -0.25) is 0 Å². The number of halogens is 1. The zero-order valence-corrected chi connectivity index (χ0v) is 4.20. The molecule has 0 aliphatic rings. The number of hydrogen-bond acceptors (Lipinski definition) is 0. The van der Waals surface area contributed by atoms with Crippen LogP contribution in [0.25, 0.3) is 0 Å². The molecule has 0 aliphatic heterocycles. The van der Waals surface area contributed by atoms with Crippen LogP contribution in [0.4, 0.5) is 0 Å². The first-order chi connectivity index (χ1) is 2.41. The van der Waals surface area contributed by atoms with E-state index in [2.05, 4.69) is 21.9 Å². The minimum Gasteiger partial charge on any atom is -0.115 e. The van der Waals surface area contributed by atoms with Crippen molar-refractivity contribution in [2.45, 2.75) is 0 Å². The lowest BCUT2D eigenvalue weighted by molar-refractivity contribution is 2.31. The van der Waals surface area contributed by atoms with Crippen molar-refractivity contribution in [3.8, 4) is 12.3 Å². The summed E-state index contributed by atoms with van der Waals surface area (Å²) in [5.74, 6) is 2.29. The maximum atomic E-state index is 4.77. The SMILES string of the molecule is C#C/C=C\Br. The molecule has 0 aromatic heterocycles. The maximum absolute atomic E-state index is 4.77. The van der Waals surface area contributed by atoms with Crippen LogP contribution in [0.2, 0.25) is 0 Å². The second kappa shape index (κ2) is 3.78. The monoisotopic (exact) mass is 130 g/mol. The van der Waals surface area contributed by atoms with Gasteiger partial charge in [-0.25, -0.2) is 0 Å². The Labute approximate surface area is 40.0 Å². The summed E-state index contributed by atoms with van der Waals surface area (Å²) in [6, 6.07) is 0. The molecule has 1 heteroatoms. The first-order valence-electron chi connectivity index (χ1n) is 1.13. The smallest absolute Gasteiger partial charge is 0.00523 e. The molecule has 0 rings (SSSR count). The second-order valence-electron chi connectivity index (χ2n) is 0.459. The zero-order valence-electron chi connectivity index (χ0n) is 2.61. The van der Waals surface area contributed by atoms with Crippen LogP contribution in [0.3, 0.4) is 0 Å². The lowest BCUT2D eigenvalue weighted by Gasteiger charge is -1.49. The standard InChI is InChI=1S/C4H3Br/c1-2-3-4-5/h1,3-4H/b4-3-. The van der Waals surface area contributed by atoms with Crippen LogP contribution in [0.1, 0.15) is 0 Å². The average molecular weight is 131 g/mol. The van der Waals surface area contributed by atoms with Crippen molar-refractivity contribution in [3.05, 3.63) is 11.1 Å². The minimum atomic E-state index is 1.57. The molecule has 0 radical (unpaired) electrons. The van der Waals surface area contributed by atoms with Crippen molar-refractivity contribution in [2.24, 2.45) is 0 Å². The predicted octanol–water partition coefficient (Wildman–Crippen LogP) is 1.53. The van der Waals surface area contributed by atoms with E-state index in [-0.39, 0.29) is 0 Å². The molecular weight excluding hydrogens is 128 g/mol. The molecule has 0 heterocycles. The van der Waals surface area contributed by atoms with Gasteiger partial charge in [0.25, 0.3) is 0 Å². The largest absolute Gasteiger partial charge is 0.115 e. The van der Waals surface area contributed by atoms with Crippen LogP contribution in [0, 0.1) is 12.3 Å². The summed E-state index contributed by atoms with van der Waals surface area (Å²) >= 11 is 2.99.